The van der Waals surface area contributed by atoms with Gasteiger partial charge in [-0.3, -0.25) is 4.98 Å². The summed E-state index contributed by atoms with van der Waals surface area (Å²) in [6, 6.07) is 9.87. The summed E-state index contributed by atoms with van der Waals surface area (Å²) in [4.78, 5) is 8.98. The van der Waals surface area contributed by atoms with Crippen molar-refractivity contribution in [2.75, 3.05) is 6.61 Å². The zero-order valence-electron chi connectivity index (χ0n) is 12.1. The van der Waals surface area contributed by atoms with E-state index >= 15 is 0 Å². The summed E-state index contributed by atoms with van der Waals surface area (Å²) in [6.45, 7) is 1.32. The highest BCUT2D eigenvalue weighted by molar-refractivity contribution is 7.09. The molecule has 0 amide bonds. The van der Waals surface area contributed by atoms with Crippen molar-refractivity contribution in [2.24, 2.45) is 0 Å². The van der Waals surface area contributed by atoms with Gasteiger partial charge in [0.25, 0.3) is 0 Å². The summed E-state index contributed by atoms with van der Waals surface area (Å²) in [5.74, 6) is 0.845. The van der Waals surface area contributed by atoms with Gasteiger partial charge in [0.1, 0.15) is 23.5 Å². The Hall–Kier alpha value is -1.98. The van der Waals surface area contributed by atoms with E-state index in [2.05, 4.69) is 15.3 Å². The standard InChI is InChI=1S/C17H16N2O2S/c1-5-14-13(4-2-8-18-14)15(6-1)21-10-12-11-22-17(19-12)16-7-3-9-20-16/h1-2,4-6,8,11,16H,3,7,9-10H2. The number of nitrogens with zero attached hydrogens (tertiary/aromatic N) is 2. The number of hydrogen-bond acceptors (Lipinski definition) is 5. The molecular weight excluding hydrogens is 296 g/mol. The molecule has 0 N–H and O–H groups in total. The molecular formula is C17H16N2O2S. The van der Waals surface area contributed by atoms with Gasteiger partial charge in [-0.05, 0) is 37.1 Å². The number of benzene rings is 1. The van der Waals surface area contributed by atoms with Gasteiger partial charge in [0, 0.05) is 23.6 Å². The second kappa shape index (κ2) is 6.02. The maximum atomic E-state index is 5.94. The quantitative estimate of drug-likeness (QED) is 0.727. The van der Waals surface area contributed by atoms with Crippen molar-refractivity contribution in [2.45, 2.75) is 25.6 Å². The number of thiazole rings is 1. The first-order chi connectivity index (χ1) is 10.9. The lowest BCUT2D eigenvalue weighted by atomic mass is 10.2. The molecule has 1 aliphatic heterocycles. The SMILES string of the molecule is c1cc(OCc2csc(C3CCCO3)n2)c2cccnc2c1. The Morgan fingerprint density at radius 3 is 3.18 bits per heavy atom. The van der Waals surface area contributed by atoms with E-state index in [9.17, 15) is 0 Å². The number of pyridine rings is 1. The van der Waals surface area contributed by atoms with Crippen LogP contribution in [-0.4, -0.2) is 16.6 Å². The Balaban J connectivity index is 1.50. The van der Waals surface area contributed by atoms with Gasteiger partial charge in [-0.2, -0.15) is 0 Å². The van der Waals surface area contributed by atoms with E-state index < -0.39 is 0 Å². The van der Waals surface area contributed by atoms with E-state index in [1.54, 1.807) is 17.5 Å². The maximum absolute atomic E-state index is 5.94. The van der Waals surface area contributed by atoms with Crippen molar-refractivity contribution in [3.63, 3.8) is 0 Å². The van der Waals surface area contributed by atoms with E-state index in [4.69, 9.17) is 9.47 Å². The van der Waals surface area contributed by atoms with Crippen LogP contribution in [0.2, 0.25) is 0 Å². The van der Waals surface area contributed by atoms with Gasteiger partial charge in [0.15, 0.2) is 0 Å². The molecule has 0 spiro atoms. The molecule has 0 saturated carbocycles. The lowest BCUT2D eigenvalue weighted by molar-refractivity contribution is 0.111. The minimum absolute atomic E-state index is 0.181. The number of aromatic nitrogens is 2. The molecule has 112 valence electrons. The van der Waals surface area contributed by atoms with E-state index in [0.29, 0.717) is 6.61 Å². The molecule has 4 nitrogen and oxygen atoms in total. The average Bonchev–Trinajstić information content (AvgIpc) is 3.24. The van der Waals surface area contributed by atoms with Crippen LogP contribution in [0, 0.1) is 0 Å². The Kier molecular flexibility index (Phi) is 3.74. The first-order valence-electron chi connectivity index (χ1n) is 7.42. The minimum atomic E-state index is 0.181. The predicted octanol–water partition coefficient (Wildman–Crippen LogP) is 4.12. The van der Waals surface area contributed by atoms with Gasteiger partial charge in [-0.1, -0.05) is 6.07 Å². The van der Waals surface area contributed by atoms with Crippen LogP contribution in [0.3, 0.4) is 0 Å². The van der Waals surface area contributed by atoms with Crippen LogP contribution >= 0.6 is 11.3 Å². The highest BCUT2D eigenvalue weighted by Crippen LogP contribution is 2.31. The van der Waals surface area contributed by atoms with E-state index in [1.165, 1.54) is 0 Å². The van der Waals surface area contributed by atoms with E-state index in [0.717, 1.165) is 46.8 Å². The molecule has 22 heavy (non-hydrogen) atoms. The molecule has 2 aromatic heterocycles. The Labute approximate surface area is 132 Å². The summed E-state index contributed by atoms with van der Waals surface area (Å²) in [7, 11) is 0. The molecule has 1 unspecified atom stereocenters. The van der Waals surface area contributed by atoms with Crippen LogP contribution in [0.4, 0.5) is 0 Å². The smallest absolute Gasteiger partial charge is 0.131 e. The van der Waals surface area contributed by atoms with Crippen molar-refractivity contribution < 1.29 is 9.47 Å². The molecule has 4 rings (SSSR count). The number of fused-ring (bicyclic) bond motifs is 1. The molecule has 0 bridgehead atoms. The third-order valence-corrected chi connectivity index (χ3v) is 4.74. The van der Waals surface area contributed by atoms with Crippen LogP contribution in [0.5, 0.6) is 5.75 Å². The Bertz CT molecular complexity index is 776. The van der Waals surface area contributed by atoms with Crippen molar-refractivity contribution in [3.05, 3.63) is 52.6 Å². The van der Waals surface area contributed by atoms with Gasteiger partial charge in [-0.15, -0.1) is 11.3 Å². The molecule has 0 radical (unpaired) electrons. The zero-order valence-corrected chi connectivity index (χ0v) is 12.9. The normalized spacial score (nSPS) is 17.9. The topological polar surface area (TPSA) is 44.2 Å². The molecule has 3 aromatic rings. The zero-order chi connectivity index (χ0) is 14.8. The highest BCUT2D eigenvalue weighted by Gasteiger charge is 2.20. The van der Waals surface area contributed by atoms with Crippen LogP contribution in [0.25, 0.3) is 10.9 Å². The molecule has 1 atom stereocenters. The largest absolute Gasteiger partial charge is 0.487 e. The Morgan fingerprint density at radius 1 is 1.27 bits per heavy atom. The molecule has 5 heteroatoms. The predicted molar refractivity (Wildman–Crippen MR) is 86.1 cm³/mol. The van der Waals surface area contributed by atoms with Gasteiger partial charge < -0.3 is 9.47 Å². The average molecular weight is 312 g/mol. The van der Waals surface area contributed by atoms with Crippen LogP contribution < -0.4 is 4.74 Å². The molecule has 1 saturated heterocycles. The van der Waals surface area contributed by atoms with Gasteiger partial charge in [0.2, 0.25) is 0 Å². The fourth-order valence-corrected chi connectivity index (χ4v) is 3.55. The van der Waals surface area contributed by atoms with Crippen LogP contribution in [0.1, 0.15) is 29.6 Å². The lowest BCUT2D eigenvalue weighted by Crippen LogP contribution is -1.99. The number of ether oxygens (including phenoxy) is 2. The molecule has 0 aliphatic carbocycles. The van der Waals surface area contributed by atoms with Crippen molar-refractivity contribution in [3.8, 4) is 5.75 Å². The van der Waals surface area contributed by atoms with Gasteiger partial charge in [0.05, 0.1) is 11.2 Å². The second-order valence-corrected chi connectivity index (χ2v) is 6.18. The van der Waals surface area contributed by atoms with Crippen molar-refractivity contribution >= 4 is 22.2 Å². The van der Waals surface area contributed by atoms with Crippen LogP contribution in [0.15, 0.2) is 41.9 Å². The second-order valence-electron chi connectivity index (χ2n) is 5.29. The molecule has 1 aliphatic rings. The van der Waals surface area contributed by atoms with Gasteiger partial charge >= 0.3 is 0 Å². The first-order valence-corrected chi connectivity index (χ1v) is 8.30. The Morgan fingerprint density at radius 2 is 2.27 bits per heavy atom. The third kappa shape index (κ3) is 2.69. The van der Waals surface area contributed by atoms with Crippen molar-refractivity contribution in [1.82, 2.24) is 9.97 Å². The van der Waals surface area contributed by atoms with E-state index in [1.807, 2.05) is 30.3 Å². The summed E-state index contributed by atoms with van der Waals surface area (Å²) in [5.41, 5.74) is 1.90. The monoisotopic (exact) mass is 312 g/mol. The van der Waals surface area contributed by atoms with Crippen molar-refractivity contribution in [1.29, 1.82) is 0 Å². The summed E-state index contributed by atoms with van der Waals surface area (Å²) < 4.78 is 11.6. The number of rotatable bonds is 4. The fourth-order valence-electron chi connectivity index (χ4n) is 2.66. The molecule has 1 fully saturated rings. The minimum Gasteiger partial charge on any atom is -0.487 e. The molecule has 1 aromatic carbocycles. The highest BCUT2D eigenvalue weighted by atomic mass is 32.1. The van der Waals surface area contributed by atoms with Gasteiger partial charge in [-0.25, -0.2) is 4.98 Å². The summed E-state index contributed by atoms with van der Waals surface area (Å²) in [5, 5.41) is 4.15. The summed E-state index contributed by atoms with van der Waals surface area (Å²) >= 11 is 1.66. The number of hydrogen-bond donors (Lipinski definition) is 0. The lowest BCUT2D eigenvalue weighted by Gasteiger charge is -2.07. The first kappa shape index (κ1) is 13.7. The maximum Gasteiger partial charge on any atom is 0.131 e. The molecule has 3 heterocycles. The fraction of sp³-hybridized carbons (Fsp3) is 0.294. The van der Waals surface area contributed by atoms with Crippen LogP contribution in [-0.2, 0) is 11.3 Å². The van der Waals surface area contributed by atoms with E-state index in [-0.39, 0.29) is 6.10 Å². The summed E-state index contributed by atoms with van der Waals surface area (Å²) in [6.07, 6.45) is 4.17. The third-order valence-electron chi connectivity index (χ3n) is 3.76.